The molecule has 0 saturated carbocycles. The number of nitrogens with zero attached hydrogens (tertiary/aromatic N) is 2. The van der Waals surface area contributed by atoms with E-state index in [0.717, 1.165) is 6.61 Å². The molecule has 0 N–H and O–H groups in total. The van der Waals surface area contributed by atoms with Gasteiger partial charge in [0.2, 0.25) is 0 Å². The van der Waals surface area contributed by atoms with Crippen molar-refractivity contribution < 1.29 is 4.43 Å². The van der Waals surface area contributed by atoms with E-state index in [9.17, 15) is 0 Å². The first-order valence-electron chi connectivity index (χ1n) is 5.06. The standard InChI is InChI=1S/C8H16N2OSi/c1-2-8-12(11-7-1,9-3-4-9)10-5-6-10/h1-8H2. The lowest BCUT2D eigenvalue weighted by molar-refractivity contribution is 0.217. The van der Waals surface area contributed by atoms with Gasteiger partial charge in [0.1, 0.15) is 0 Å². The van der Waals surface area contributed by atoms with E-state index in [1.165, 1.54) is 45.1 Å². The fourth-order valence-corrected chi connectivity index (χ4v) is 6.58. The lowest BCUT2D eigenvalue weighted by Gasteiger charge is -2.36. The Morgan fingerprint density at radius 3 is 2.00 bits per heavy atom. The van der Waals surface area contributed by atoms with Crippen LogP contribution in [0.3, 0.4) is 0 Å². The Bertz CT molecular complexity index is 171. The summed E-state index contributed by atoms with van der Waals surface area (Å²) in [5.41, 5.74) is 0. The Labute approximate surface area is 74.6 Å². The second-order valence-corrected chi connectivity index (χ2v) is 7.56. The van der Waals surface area contributed by atoms with E-state index in [1.807, 2.05) is 0 Å². The molecule has 0 unspecified atom stereocenters. The molecule has 3 nitrogen and oxygen atoms in total. The van der Waals surface area contributed by atoms with E-state index < -0.39 is 8.64 Å². The van der Waals surface area contributed by atoms with Crippen LogP contribution in [0.2, 0.25) is 6.04 Å². The molecule has 0 spiro atoms. The highest BCUT2D eigenvalue weighted by atomic mass is 28.4. The van der Waals surface area contributed by atoms with Gasteiger partial charge in [0, 0.05) is 32.8 Å². The van der Waals surface area contributed by atoms with Gasteiger partial charge in [-0.2, -0.15) is 0 Å². The molecule has 3 aliphatic rings. The van der Waals surface area contributed by atoms with Crippen molar-refractivity contribution in [2.75, 3.05) is 32.8 Å². The maximum absolute atomic E-state index is 6.10. The van der Waals surface area contributed by atoms with Crippen LogP contribution in [0.1, 0.15) is 12.8 Å². The fourth-order valence-electron chi connectivity index (χ4n) is 2.26. The van der Waals surface area contributed by atoms with Crippen LogP contribution in [0.15, 0.2) is 0 Å². The molecule has 3 aliphatic heterocycles. The Hall–Kier alpha value is 0.0969. The van der Waals surface area contributed by atoms with Crippen molar-refractivity contribution in [3.63, 3.8) is 0 Å². The molecule has 0 aliphatic carbocycles. The predicted octanol–water partition coefficient (Wildman–Crippen LogP) is 0.367. The van der Waals surface area contributed by atoms with Crippen molar-refractivity contribution in [3.8, 4) is 0 Å². The van der Waals surface area contributed by atoms with Crippen LogP contribution < -0.4 is 0 Å². The third-order valence-electron chi connectivity index (χ3n) is 3.11. The average molecular weight is 184 g/mol. The molecule has 12 heavy (non-hydrogen) atoms. The van der Waals surface area contributed by atoms with Gasteiger partial charge in [0.15, 0.2) is 0 Å². The molecule has 0 radical (unpaired) electrons. The van der Waals surface area contributed by atoms with Crippen molar-refractivity contribution in [1.82, 2.24) is 9.13 Å². The molecule has 3 heterocycles. The van der Waals surface area contributed by atoms with Crippen molar-refractivity contribution in [2.45, 2.75) is 18.9 Å². The van der Waals surface area contributed by atoms with E-state index in [-0.39, 0.29) is 0 Å². The maximum atomic E-state index is 6.10. The second-order valence-electron chi connectivity index (χ2n) is 4.02. The minimum absolute atomic E-state index is 1.03. The zero-order chi connectivity index (χ0) is 8.02. The zero-order valence-corrected chi connectivity index (χ0v) is 8.46. The first-order valence-corrected chi connectivity index (χ1v) is 7.07. The molecule has 3 fully saturated rings. The summed E-state index contributed by atoms with van der Waals surface area (Å²) in [7, 11) is -1.45. The minimum Gasteiger partial charge on any atom is -0.391 e. The van der Waals surface area contributed by atoms with Crippen LogP contribution in [0, 0.1) is 0 Å². The van der Waals surface area contributed by atoms with Crippen LogP contribution >= 0.6 is 0 Å². The molecule has 3 saturated heterocycles. The van der Waals surface area contributed by atoms with Crippen LogP contribution in [-0.2, 0) is 4.43 Å². The van der Waals surface area contributed by atoms with E-state index in [4.69, 9.17) is 4.43 Å². The number of rotatable bonds is 2. The normalized spacial score (nSPS) is 35.0. The highest BCUT2D eigenvalue weighted by molar-refractivity contribution is 6.69. The van der Waals surface area contributed by atoms with Crippen LogP contribution in [0.25, 0.3) is 0 Å². The molecular formula is C8H16N2OSi. The van der Waals surface area contributed by atoms with E-state index in [2.05, 4.69) is 9.13 Å². The van der Waals surface area contributed by atoms with Gasteiger partial charge in [-0.3, -0.25) is 9.13 Å². The van der Waals surface area contributed by atoms with Gasteiger partial charge in [0.05, 0.1) is 0 Å². The Morgan fingerprint density at radius 1 is 0.917 bits per heavy atom. The summed E-state index contributed by atoms with van der Waals surface area (Å²) in [6, 6.07) is 1.37. The van der Waals surface area contributed by atoms with Gasteiger partial charge in [-0.15, -0.1) is 0 Å². The summed E-state index contributed by atoms with van der Waals surface area (Å²) in [6.45, 7) is 6.26. The van der Waals surface area contributed by atoms with Gasteiger partial charge >= 0.3 is 8.64 Å². The lowest BCUT2D eigenvalue weighted by Crippen LogP contribution is -2.56. The molecular weight excluding hydrogens is 168 g/mol. The molecule has 4 heteroatoms. The smallest absolute Gasteiger partial charge is 0.357 e. The zero-order valence-electron chi connectivity index (χ0n) is 7.46. The molecule has 0 aromatic rings. The Kier molecular flexibility index (Phi) is 1.59. The first-order chi connectivity index (χ1) is 5.92. The largest absolute Gasteiger partial charge is 0.391 e. The number of hydrogen-bond donors (Lipinski definition) is 0. The first kappa shape index (κ1) is 7.50. The molecule has 0 bridgehead atoms. The molecule has 0 aromatic heterocycles. The van der Waals surface area contributed by atoms with Gasteiger partial charge in [0.25, 0.3) is 0 Å². The summed E-state index contributed by atoms with van der Waals surface area (Å²) in [6.07, 6.45) is 2.69. The lowest BCUT2D eigenvalue weighted by atomic mass is 10.4. The molecule has 0 atom stereocenters. The topological polar surface area (TPSA) is 15.2 Å². The van der Waals surface area contributed by atoms with Gasteiger partial charge in [-0.25, -0.2) is 0 Å². The molecule has 0 amide bonds. The predicted molar refractivity (Wildman–Crippen MR) is 48.9 cm³/mol. The summed E-state index contributed by atoms with van der Waals surface area (Å²) in [5, 5.41) is 0. The summed E-state index contributed by atoms with van der Waals surface area (Å²) < 4.78 is 11.3. The fraction of sp³-hybridized carbons (Fsp3) is 1.00. The van der Waals surface area contributed by atoms with E-state index in [0.29, 0.717) is 0 Å². The third-order valence-corrected chi connectivity index (χ3v) is 7.65. The Balaban J connectivity index is 1.79. The Morgan fingerprint density at radius 2 is 1.58 bits per heavy atom. The quantitative estimate of drug-likeness (QED) is 0.455. The van der Waals surface area contributed by atoms with Crippen molar-refractivity contribution >= 4 is 8.64 Å². The van der Waals surface area contributed by atoms with Crippen molar-refractivity contribution in [1.29, 1.82) is 0 Å². The average Bonchev–Trinajstić information content (AvgIpc) is 2.98. The highest BCUT2D eigenvalue weighted by Crippen LogP contribution is 2.35. The summed E-state index contributed by atoms with van der Waals surface area (Å²) in [5.74, 6) is 0. The van der Waals surface area contributed by atoms with Crippen molar-refractivity contribution in [2.24, 2.45) is 0 Å². The third kappa shape index (κ3) is 1.06. The van der Waals surface area contributed by atoms with Crippen molar-refractivity contribution in [3.05, 3.63) is 0 Å². The maximum Gasteiger partial charge on any atom is 0.357 e. The van der Waals surface area contributed by atoms with Crippen LogP contribution in [0.5, 0.6) is 0 Å². The highest BCUT2D eigenvalue weighted by Gasteiger charge is 2.56. The van der Waals surface area contributed by atoms with E-state index in [1.54, 1.807) is 0 Å². The van der Waals surface area contributed by atoms with Gasteiger partial charge in [-0.1, -0.05) is 0 Å². The van der Waals surface area contributed by atoms with E-state index >= 15 is 0 Å². The monoisotopic (exact) mass is 184 g/mol. The van der Waals surface area contributed by atoms with Gasteiger partial charge in [-0.05, 0) is 18.9 Å². The molecule has 0 aromatic carbocycles. The molecule has 68 valence electrons. The van der Waals surface area contributed by atoms with Gasteiger partial charge < -0.3 is 4.43 Å². The minimum atomic E-state index is -1.45. The van der Waals surface area contributed by atoms with Crippen LogP contribution in [0.4, 0.5) is 0 Å². The summed E-state index contributed by atoms with van der Waals surface area (Å²) >= 11 is 0. The second kappa shape index (κ2) is 2.54. The van der Waals surface area contributed by atoms with Crippen LogP contribution in [-0.4, -0.2) is 50.6 Å². The molecule has 3 rings (SSSR count). The number of hydrogen-bond acceptors (Lipinski definition) is 3. The summed E-state index contributed by atoms with van der Waals surface area (Å²) in [4.78, 5) is 0. The SMILES string of the molecule is C1CC[Si](N2CC2)(N2CC2)OC1.